The molecular formula is C6H28O23Si8-4. The van der Waals surface area contributed by atoms with E-state index in [-0.39, 0.29) is 0 Å². The molecule has 0 saturated carbocycles. The largest absolute Gasteiger partial charge is 0.850 e. The minimum absolute atomic E-state index is 0.670. The quantitative estimate of drug-likeness (QED) is 0.100. The Morgan fingerprint density at radius 1 is 0.703 bits per heavy atom. The van der Waals surface area contributed by atoms with Crippen LogP contribution in [0.2, 0.25) is 19.6 Å². The van der Waals surface area contributed by atoms with Crippen LogP contribution in [0.15, 0.2) is 0 Å². The summed E-state index contributed by atoms with van der Waals surface area (Å²) >= 11 is 0. The molecular weight excluding hydrogens is 665 g/mol. The third-order valence-electron chi connectivity index (χ3n) is 1.55. The molecule has 0 atom stereocenters. The lowest BCUT2D eigenvalue weighted by molar-refractivity contribution is -0.460. The lowest BCUT2D eigenvalue weighted by Gasteiger charge is -2.56. The number of hydrogen-bond acceptors (Lipinski definition) is 21. The lowest BCUT2D eigenvalue weighted by atomic mass is 11.8. The maximum atomic E-state index is 10.3. The second kappa shape index (κ2) is 21.5. The van der Waals surface area contributed by atoms with Crippen LogP contribution in [-0.4, -0.2) is 141 Å². The van der Waals surface area contributed by atoms with Gasteiger partial charge in [-0.05, 0) is 8.80 Å². The van der Waals surface area contributed by atoms with Crippen LogP contribution in [0.4, 0.5) is 0 Å². The fourth-order valence-electron chi connectivity index (χ4n) is 0.721. The molecule has 0 heterocycles. The van der Waals surface area contributed by atoms with Gasteiger partial charge in [-0.15, -0.1) is 0 Å². The lowest BCUT2D eigenvalue weighted by Crippen LogP contribution is -2.77. The summed E-state index contributed by atoms with van der Waals surface area (Å²) in [4.78, 5) is 119. The van der Waals surface area contributed by atoms with Gasteiger partial charge in [0.25, 0.3) is 0 Å². The predicted molar refractivity (Wildman–Crippen MR) is 112 cm³/mol. The van der Waals surface area contributed by atoms with E-state index in [0.717, 1.165) is 20.8 Å². The van der Waals surface area contributed by atoms with Gasteiger partial charge in [0.15, 0.2) is 0 Å². The van der Waals surface area contributed by atoms with Crippen molar-refractivity contribution in [3.8, 4) is 0 Å². The van der Waals surface area contributed by atoms with Crippen molar-refractivity contribution in [2.24, 2.45) is 0 Å². The van der Waals surface area contributed by atoms with Crippen LogP contribution >= 0.6 is 0 Å². The molecule has 0 fully saturated rings. The smallest absolute Gasteiger partial charge is 0.761 e. The average molecular weight is 693 g/mol. The highest BCUT2D eigenvalue weighted by molar-refractivity contribution is 6.68. The first kappa shape index (κ1) is 46.5. The average Bonchev–Trinajstić information content (AvgIpc) is 2.56. The van der Waals surface area contributed by atoms with E-state index < -0.39 is 72.0 Å². The zero-order valence-electron chi connectivity index (χ0n) is 19.8. The number of hydrogen-bond donors (Lipinski definition) is 10. The van der Waals surface area contributed by atoms with Crippen LogP contribution in [0.3, 0.4) is 0 Å². The molecule has 0 aromatic carbocycles. The SMILES string of the molecule is CO[Si](=O)O[Si](C)=O.CO[Si](O)(O)O[Si](C)(O)O.CO[Si]([O-])([O-])O[Si](C)([O-])[O-].O=[Si](O)O.O[Si](O)(O)O. The van der Waals surface area contributed by atoms with Gasteiger partial charge in [-0.25, -0.2) is 0 Å². The van der Waals surface area contributed by atoms with Gasteiger partial charge >= 0.3 is 54.2 Å². The Balaban J connectivity index is -0.000000120. The molecule has 0 spiro atoms. The Hall–Kier alpha value is -0.305. The summed E-state index contributed by atoms with van der Waals surface area (Å²) in [5.41, 5.74) is 0. The van der Waals surface area contributed by atoms with E-state index in [1.54, 1.807) is 0 Å². The number of rotatable bonds is 9. The summed E-state index contributed by atoms with van der Waals surface area (Å²) in [5.74, 6) is 0. The van der Waals surface area contributed by atoms with Crippen LogP contribution in [0.25, 0.3) is 0 Å². The zero-order valence-corrected chi connectivity index (χ0v) is 27.8. The van der Waals surface area contributed by atoms with E-state index in [4.69, 9.17) is 52.4 Å². The molecule has 0 saturated heterocycles. The summed E-state index contributed by atoms with van der Waals surface area (Å²) in [6, 6.07) is 0. The molecule has 0 rings (SSSR count). The summed E-state index contributed by atoms with van der Waals surface area (Å²) in [5, 5.41) is 0. The van der Waals surface area contributed by atoms with Gasteiger partial charge in [0.05, 0.1) is 7.11 Å². The maximum Gasteiger partial charge on any atom is 0.761 e. The fourth-order valence-corrected chi connectivity index (χ4v) is 6.49. The minimum Gasteiger partial charge on any atom is -0.850 e. The van der Waals surface area contributed by atoms with Gasteiger partial charge in [-0.1, -0.05) is 6.55 Å². The summed E-state index contributed by atoms with van der Waals surface area (Å²) in [6.45, 7) is 3.00. The normalized spacial score (nSPS) is 11.4. The molecule has 0 bridgehead atoms. The van der Waals surface area contributed by atoms with Gasteiger partial charge in [-0.3, -0.25) is 8.92 Å². The van der Waals surface area contributed by atoms with Crippen molar-refractivity contribution < 1.29 is 106 Å². The predicted octanol–water partition coefficient (Wildman–Crippen LogP) is -11.9. The van der Waals surface area contributed by atoms with E-state index in [0.29, 0.717) is 6.55 Å². The second-order valence-corrected chi connectivity index (χ2v) is 18.0. The van der Waals surface area contributed by atoms with Crippen molar-refractivity contribution in [3.63, 3.8) is 0 Å². The van der Waals surface area contributed by atoms with Crippen molar-refractivity contribution >= 4 is 72.0 Å². The minimum atomic E-state index is -4.88. The van der Waals surface area contributed by atoms with E-state index in [9.17, 15) is 28.1 Å². The molecule has 0 aliphatic rings. The van der Waals surface area contributed by atoms with E-state index in [1.165, 1.54) is 13.7 Å². The van der Waals surface area contributed by atoms with Crippen molar-refractivity contribution in [2.45, 2.75) is 19.6 Å². The van der Waals surface area contributed by atoms with Crippen LogP contribution in [-0.2, 0) is 39.0 Å². The Kier molecular flexibility index (Phi) is 27.1. The molecule has 0 aliphatic carbocycles. The molecule has 31 heteroatoms. The van der Waals surface area contributed by atoms with Crippen molar-refractivity contribution in [1.82, 2.24) is 0 Å². The molecule has 37 heavy (non-hydrogen) atoms. The summed E-state index contributed by atoms with van der Waals surface area (Å²) < 4.78 is 53.0. The van der Waals surface area contributed by atoms with Gasteiger partial charge in [-0.2, -0.15) is 0 Å². The first-order chi connectivity index (χ1) is 15.9. The standard InChI is InChI=1S/C2H10O6Si2.C2H6O6Si2.C2H6O4Si2.H4O4Si.H2O3Si/c2*1-7-10(5,6)8-9(2,3)4;1-5-8(4)6-7(2)3;1-5(2,3)4;1-4(2)3/h3-6H,1-2H3;1-2H3;1-2H3;1-4H;1-2H/q;-4;;;. The molecule has 0 unspecified atom stereocenters. The van der Waals surface area contributed by atoms with Crippen molar-refractivity contribution in [2.75, 3.05) is 21.3 Å². The van der Waals surface area contributed by atoms with Crippen LogP contribution in [0.1, 0.15) is 0 Å². The molecule has 0 amide bonds. The molecule has 0 aromatic heterocycles. The van der Waals surface area contributed by atoms with Gasteiger partial charge in [0, 0.05) is 27.3 Å². The molecule has 0 radical (unpaired) electrons. The Morgan fingerprint density at radius 3 is 1.11 bits per heavy atom. The topological polar surface area (TPSA) is 401 Å². The summed E-state index contributed by atoms with van der Waals surface area (Å²) in [6.07, 6.45) is 0. The van der Waals surface area contributed by atoms with Crippen molar-refractivity contribution in [1.29, 1.82) is 0 Å². The third-order valence-corrected chi connectivity index (χ3v) is 9.82. The van der Waals surface area contributed by atoms with E-state index in [2.05, 4.69) is 25.6 Å². The zero-order chi connectivity index (χ0) is 31.5. The van der Waals surface area contributed by atoms with E-state index >= 15 is 0 Å². The van der Waals surface area contributed by atoms with Crippen LogP contribution < -0.4 is 19.2 Å². The van der Waals surface area contributed by atoms with Crippen molar-refractivity contribution in [3.05, 3.63) is 0 Å². The molecule has 10 N–H and O–H groups in total. The Labute approximate surface area is 219 Å². The molecule has 23 nitrogen and oxygen atoms in total. The molecule has 0 aromatic rings. The Morgan fingerprint density at radius 2 is 1.03 bits per heavy atom. The van der Waals surface area contributed by atoms with Crippen LogP contribution in [0, 0.1) is 0 Å². The van der Waals surface area contributed by atoms with Gasteiger partial charge in [0.2, 0.25) is 0 Å². The first-order valence-corrected chi connectivity index (χ1v) is 22.2. The monoisotopic (exact) mass is 692 g/mol. The Bertz CT molecular complexity index is 584. The van der Waals surface area contributed by atoms with Crippen LogP contribution in [0.5, 0.6) is 0 Å². The maximum absolute atomic E-state index is 10.3. The van der Waals surface area contributed by atoms with Gasteiger partial charge < -0.3 is 97.2 Å². The second-order valence-electron chi connectivity index (χ2n) is 5.39. The highest BCUT2D eigenvalue weighted by atomic mass is 28.5. The third kappa shape index (κ3) is 72.2. The fraction of sp³-hybridized carbons (Fsp3) is 1.00. The molecule has 226 valence electrons. The molecule has 0 aliphatic heterocycles. The summed E-state index contributed by atoms with van der Waals surface area (Å²) in [7, 11) is -26.7. The van der Waals surface area contributed by atoms with Gasteiger partial charge in [0.1, 0.15) is 9.05 Å². The highest BCUT2D eigenvalue weighted by Gasteiger charge is 2.44. The first-order valence-electron chi connectivity index (χ1n) is 8.23. The highest BCUT2D eigenvalue weighted by Crippen LogP contribution is 2.03. The van der Waals surface area contributed by atoms with E-state index in [1.807, 2.05) is 0 Å².